The SMILES string of the molecule is CC1(C(=O)O)CC(c2ccc(Cl)cc2)CCN1. The lowest BCUT2D eigenvalue weighted by Gasteiger charge is -2.36. The molecule has 2 atom stereocenters. The molecule has 92 valence electrons. The number of nitrogens with one attached hydrogen (secondary N) is 1. The first-order valence-electron chi connectivity index (χ1n) is 5.75. The van der Waals surface area contributed by atoms with Crippen LogP contribution < -0.4 is 5.32 Å². The second-order valence-corrected chi connectivity index (χ2v) is 5.24. The molecule has 0 aromatic heterocycles. The van der Waals surface area contributed by atoms with E-state index in [1.807, 2.05) is 24.3 Å². The smallest absolute Gasteiger partial charge is 0.323 e. The number of rotatable bonds is 2. The fraction of sp³-hybridized carbons (Fsp3) is 0.462. The van der Waals surface area contributed by atoms with Crippen LogP contribution in [0.1, 0.15) is 31.2 Å². The minimum absolute atomic E-state index is 0.287. The Bertz CT molecular complexity index is 418. The van der Waals surface area contributed by atoms with Crippen LogP contribution in [0.15, 0.2) is 24.3 Å². The molecule has 0 aliphatic carbocycles. The lowest BCUT2D eigenvalue weighted by atomic mass is 9.79. The molecule has 0 spiro atoms. The summed E-state index contributed by atoms with van der Waals surface area (Å²) >= 11 is 5.85. The summed E-state index contributed by atoms with van der Waals surface area (Å²) in [5, 5.41) is 13.0. The van der Waals surface area contributed by atoms with Crippen molar-refractivity contribution in [2.45, 2.75) is 31.2 Å². The third-order valence-corrected chi connectivity index (χ3v) is 3.73. The van der Waals surface area contributed by atoms with Gasteiger partial charge < -0.3 is 10.4 Å². The van der Waals surface area contributed by atoms with Crippen LogP contribution in [-0.2, 0) is 4.79 Å². The van der Waals surface area contributed by atoms with E-state index in [-0.39, 0.29) is 5.92 Å². The number of carboxylic acid groups (broad SMARTS) is 1. The summed E-state index contributed by atoms with van der Waals surface area (Å²) in [5.41, 5.74) is 0.353. The molecule has 0 radical (unpaired) electrons. The topological polar surface area (TPSA) is 49.3 Å². The zero-order valence-corrected chi connectivity index (χ0v) is 10.5. The maximum absolute atomic E-state index is 11.2. The van der Waals surface area contributed by atoms with E-state index in [2.05, 4.69) is 5.32 Å². The lowest BCUT2D eigenvalue weighted by molar-refractivity contribution is -0.145. The number of hydrogen-bond donors (Lipinski definition) is 2. The molecule has 2 rings (SSSR count). The number of halogens is 1. The average Bonchev–Trinajstić information content (AvgIpc) is 2.30. The average molecular weight is 254 g/mol. The molecule has 1 heterocycles. The number of piperidine rings is 1. The van der Waals surface area contributed by atoms with Gasteiger partial charge in [0.15, 0.2) is 0 Å². The predicted octanol–water partition coefficient (Wildman–Crippen LogP) is 2.65. The molecule has 1 aromatic rings. The summed E-state index contributed by atoms with van der Waals surface area (Å²) in [6, 6.07) is 7.69. The van der Waals surface area contributed by atoms with Gasteiger partial charge in [-0.1, -0.05) is 23.7 Å². The zero-order valence-electron chi connectivity index (χ0n) is 9.74. The van der Waals surface area contributed by atoms with Crippen LogP contribution in [0.4, 0.5) is 0 Å². The number of carbonyl (C=O) groups is 1. The standard InChI is InChI=1S/C13H16ClNO2/c1-13(12(16)17)8-10(6-7-15-13)9-2-4-11(14)5-3-9/h2-5,10,15H,6-8H2,1H3,(H,16,17). The first-order valence-corrected chi connectivity index (χ1v) is 6.13. The van der Waals surface area contributed by atoms with Crippen molar-refractivity contribution in [3.63, 3.8) is 0 Å². The van der Waals surface area contributed by atoms with E-state index >= 15 is 0 Å². The summed E-state index contributed by atoms with van der Waals surface area (Å²) in [5.74, 6) is -0.495. The van der Waals surface area contributed by atoms with Crippen molar-refractivity contribution >= 4 is 17.6 Å². The van der Waals surface area contributed by atoms with Gasteiger partial charge in [-0.05, 0) is 49.9 Å². The van der Waals surface area contributed by atoms with Gasteiger partial charge in [0, 0.05) is 5.02 Å². The van der Waals surface area contributed by atoms with Crippen molar-refractivity contribution in [3.8, 4) is 0 Å². The fourth-order valence-corrected chi connectivity index (χ4v) is 2.50. The Labute approximate surface area is 106 Å². The van der Waals surface area contributed by atoms with E-state index in [4.69, 9.17) is 11.6 Å². The Morgan fingerprint density at radius 3 is 2.71 bits per heavy atom. The second-order valence-electron chi connectivity index (χ2n) is 4.81. The van der Waals surface area contributed by atoms with Crippen molar-refractivity contribution in [2.75, 3.05) is 6.54 Å². The Morgan fingerprint density at radius 2 is 2.12 bits per heavy atom. The van der Waals surface area contributed by atoms with Crippen molar-refractivity contribution in [2.24, 2.45) is 0 Å². The quantitative estimate of drug-likeness (QED) is 0.852. The van der Waals surface area contributed by atoms with Gasteiger partial charge in [-0.2, -0.15) is 0 Å². The largest absolute Gasteiger partial charge is 0.480 e. The lowest BCUT2D eigenvalue weighted by Crippen LogP contribution is -2.53. The monoisotopic (exact) mass is 253 g/mol. The molecule has 3 nitrogen and oxygen atoms in total. The van der Waals surface area contributed by atoms with Crippen molar-refractivity contribution in [1.29, 1.82) is 0 Å². The summed E-state index contributed by atoms with van der Waals surface area (Å²) in [6.07, 6.45) is 1.58. The van der Waals surface area contributed by atoms with Gasteiger partial charge >= 0.3 is 5.97 Å². The van der Waals surface area contributed by atoms with Crippen LogP contribution in [0.3, 0.4) is 0 Å². The van der Waals surface area contributed by atoms with Gasteiger partial charge in [-0.25, -0.2) is 0 Å². The van der Waals surface area contributed by atoms with Crippen molar-refractivity contribution in [3.05, 3.63) is 34.9 Å². The van der Waals surface area contributed by atoms with Crippen LogP contribution in [0.2, 0.25) is 5.02 Å². The van der Waals surface area contributed by atoms with Gasteiger partial charge in [0.1, 0.15) is 5.54 Å². The van der Waals surface area contributed by atoms with Crippen LogP contribution in [0, 0.1) is 0 Å². The maximum atomic E-state index is 11.2. The van der Waals surface area contributed by atoms with E-state index < -0.39 is 11.5 Å². The third-order valence-electron chi connectivity index (χ3n) is 3.48. The fourth-order valence-electron chi connectivity index (χ4n) is 2.37. The summed E-state index contributed by atoms with van der Waals surface area (Å²) < 4.78 is 0. The summed E-state index contributed by atoms with van der Waals surface area (Å²) in [7, 11) is 0. The third kappa shape index (κ3) is 2.61. The number of aliphatic carboxylic acids is 1. The highest BCUT2D eigenvalue weighted by molar-refractivity contribution is 6.30. The van der Waals surface area contributed by atoms with E-state index in [0.29, 0.717) is 11.4 Å². The van der Waals surface area contributed by atoms with Crippen molar-refractivity contribution in [1.82, 2.24) is 5.32 Å². The molecular formula is C13H16ClNO2. The van der Waals surface area contributed by atoms with E-state index in [1.54, 1.807) is 6.92 Å². The Hall–Kier alpha value is -1.06. The number of benzene rings is 1. The molecule has 2 unspecified atom stereocenters. The highest BCUT2D eigenvalue weighted by atomic mass is 35.5. The van der Waals surface area contributed by atoms with E-state index in [9.17, 15) is 9.90 Å². The van der Waals surface area contributed by atoms with Gasteiger partial charge in [0.25, 0.3) is 0 Å². The van der Waals surface area contributed by atoms with E-state index in [0.717, 1.165) is 13.0 Å². The molecule has 17 heavy (non-hydrogen) atoms. The van der Waals surface area contributed by atoms with Crippen LogP contribution >= 0.6 is 11.6 Å². The van der Waals surface area contributed by atoms with Gasteiger partial charge in [0.2, 0.25) is 0 Å². The van der Waals surface area contributed by atoms with Gasteiger partial charge in [0.05, 0.1) is 0 Å². The van der Waals surface area contributed by atoms with Gasteiger partial charge in [-0.15, -0.1) is 0 Å². The maximum Gasteiger partial charge on any atom is 0.323 e. The molecule has 0 saturated carbocycles. The second kappa shape index (κ2) is 4.67. The first-order chi connectivity index (χ1) is 8.01. The highest BCUT2D eigenvalue weighted by Gasteiger charge is 2.38. The molecule has 0 amide bonds. The zero-order chi connectivity index (χ0) is 12.5. The molecule has 4 heteroatoms. The number of hydrogen-bond acceptors (Lipinski definition) is 2. The Kier molecular flexibility index (Phi) is 3.40. The molecule has 1 aliphatic rings. The molecule has 1 aromatic carbocycles. The molecular weight excluding hydrogens is 238 g/mol. The van der Waals surface area contributed by atoms with Crippen LogP contribution in [0.5, 0.6) is 0 Å². The molecule has 2 N–H and O–H groups in total. The van der Waals surface area contributed by atoms with Gasteiger partial charge in [-0.3, -0.25) is 4.79 Å². The highest BCUT2D eigenvalue weighted by Crippen LogP contribution is 2.33. The number of carboxylic acids is 1. The minimum Gasteiger partial charge on any atom is -0.480 e. The van der Waals surface area contributed by atoms with Crippen LogP contribution in [0.25, 0.3) is 0 Å². The summed E-state index contributed by atoms with van der Waals surface area (Å²) in [6.45, 7) is 2.48. The normalized spacial score (nSPS) is 28.9. The predicted molar refractivity (Wildman–Crippen MR) is 67.5 cm³/mol. The minimum atomic E-state index is -0.817. The molecule has 0 bridgehead atoms. The Morgan fingerprint density at radius 1 is 1.47 bits per heavy atom. The molecule has 1 saturated heterocycles. The molecule has 1 fully saturated rings. The van der Waals surface area contributed by atoms with E-state index in [1.165, 1.54) is 5.56 Å². The first kappa shape index (κ1) is 12.4. The van der Waals surface area contributed by atoms with Crippen LogP contribution in [-0.4, -0.2) is 23.2 Å². The Balaban J connectivity index is 2.17. The van der Waals surface area contributed by atoms with Crippen molar-refractivity contribution < 1.29 is 9.90 Å². The summed E-state index contributed by atoms with van der Waals surface area (Å²) in [4.78, 5) is 11.2. The molecule has 1 aliphatic heterocycles.